The molecular weight excluding hydrogens is 336 g/mol. The molecule has 5 nitrogen and oxygen atoms in total. The third kappa shape index (κ3) is 2.68. The highest BCUT2D eigenvalue weighted by Crippen LogP contribution is 2.45. The van der Waals surface area contributed by atoms with E-state index >= 15 is 0 Å². The number of aromatic nitrogens is 3. The van der Waals surface area contributed by atoms with Gasteiger partial charge in [0.15, 0.2) is 5.52 Å². The second-order valence-electron chi connectivity index (χ2n) is 6.94. The molecule has 1 fully saturated rings. The molecule has 1 aliphatic carbocycles. The van der Waals surface area contributed by atoms with Crippen LogP contribution < -0.4 is 9.72 Å². The molecule has 3 heterocycles. The molecule has 0 radical (unpaired) electrons. The van der Waals surface area contributed by atoms with Gasteiger partial charge in [0, 0.05) is 12.4 Å². The van der Waals surface area contributed by atoms with Crippen LogP contribution in [-0.4, -0.2) is 15.9 Å². The van der Waals surface area contributed by atoms with Gasteiger partial charge in [-0.2, -0.15) is 4.40 Å². The Kier molecular flexibility index (Phi) is 3.53. The molecule has 1 aliphatic rings. The molecule has 132 valence electrons. The van der Waals surface area contributed by atoms with Gasteiger partial charge >= 0.3 is 0 Å². The van der Waals surface area contributed by atoms with Gasteiger partial charge in [-0.05, 0) is 42.7 Å². The van der Waals surface area contributed by atoms with E-state index < -0.39 is 0 Å². The van der Waals surface area contributed by atoms with Crippen LogP contribution in [-0.2, 0) is 5.54 Å². The van der Waals surface area contributed by atoms with Crippen molar-refractivity contribution in [2.24, 2.45) is 0 Å². The van der Waals surface area contributed by atoms with E-state index in [9.17, 15) is 4.79 Å². The number of benzene rings is 1. The molecule has 1 saturated carbocycles. The van der Waals surface area contributed by atoms with E-state index in [0.717, 1.165) is 35.3 Å². The van der Waals surface area contributed by atoms with Gasteiger partial charge in [0.1, 0.15) is 0 Å². The van der Waals surface area contributed by atoms with Crippen molar-refractivity contribution in [2.75, 3.05) is 0 Å². The number of nitrogens with one attached hydrogen (secondary N) is 2. The number of amides is 1. The van der Waals surface area contributed by atoms with Gasteiger partial charge in [-0.15, -0.1) is 0 Å². The molecular formula is C22H19N4O+. The van der Waals surface area contributed by atoms with Gasteiger partial charge in [0.2, 0.25) is 5.69 Å². The number of hydrogen-bond acceptors (Lipinski definition) is 2. The van der Waals surface area contributed by atoms with Crippen molar-refractivity contribution in [1.29, 1.82) is 0 Å². The minimum absolute atomic E-state index is 0.0830. The fourth-order valence-electron chi connectivity index (χ4n) is 3.63. The highest BCUT2D eigenvalue weighted by molar-refractivity contribution is 5.99. The highest BCUT2D eigenvalue weighted by atomic mass is 16.2. The van der Waals surface area contributed by atoms with Crippen LogP contribution in [0, 0.1) is 0 Å². The first kappa shape index (κ1) is 15.8. The van der Waals surface area contributed by atoms with Crippen LogP contribution in [0.15, 0.2) is 79.3 Å². The summed E-state index contributed by atoms with van der Waals surface area (Å²) in [5.41, 5.74) is 3.33. The van der Waals surface area contributed by atoms with Gasteiger partial charge in [-0.25, -0.2) is 4.98 Å². The fourth-order valence-corrected chi connectivity index (χ4v) is 3.63. The van der Waals surface area contributed by atoms with Crippen molar-refractivity contribution in [3.05, 3.63) is 90.5 Å². The monoisotopic (exact) mass is 355 g/mol. The zero-order valence-electron chi connectivity index (χ0n) is 14.7. The van der Waals surface area contributed by atoms with Crippen LogP contribution in [0.1, 0.15) is 28.9 Å². The lowest BCUT2D eigenvalue weighted by Gasteiger charge is -2.16. The SMILES string of the molecule is O=C(NC1(c2ccccc2)CC1)c1[nH]c(-c2ccncc2)[n+]2ccccc12. The number of pyridine rings is 2. The lowest BCUT2D eigenvalue weighted by Crippen LogP contribution is -2.35. The van der Waals surface area contributed by atoms with E-state index in [4.69, 9.17) is 0 Å². The van der Waals surface area contributed by atoms with Crippen LogP contribution in [0.5, 0.6) is 0 Å². The summed E-state index contributed by atoms with van der Waals surface area (Å²) < 4.78 is 2.01. The molecule has 0 bridgehead atoms. The largest absolute Gasteiger partial charge is 0.339 e. The molecule has 0 atom stereocenters. The molecule has 2 N–H and O–H groups in total. The summed E-state index contributed by atoms with van der Waals surface area (Å²) in [6, 6.07) is 19.9. The first-order chi connectivity index (χ1) is 13.3. The van der Waals surface area contributed by atoms with Crippen molar-refractivity contribution >= 4 is 11.4 Å². The van der Waals surface area contributed by atoms with Crippen molar-refractivity contribution in [3.8, 4) is 11.4 Å². The second-order valence-corrected chi connectivity index (χ2v) is 6.94. The Labute approximate surface area is 156 Å². The average Bonchev–Trinajstić information content (AvgIpc) is 3.41. The van der Waals surface area contributed by atoms with Crippen LogP contribution in [0.25, 0.3) is 16.9 Å². The quantitative estimate of drug-likeness (QED) is 0.552. The number of H-pyrrole nitrogens is 1. The molecule has 27 heavy (non-hydrogen) atoms. The normalized spacial score (nSPS) is 14.8. The minimum Gasteiger partial charge on any atom is -0.339 e. The maximum Gasteiger partial charge on any atom is 0.296 e. The molecule has 0 unspecified atom stereocenters. The molecule has 3 aromatic heterocycles. The van der Waals surface area contributed by atoms with E-state index in [-0.39, 0.29) is 11.4 Å². The van der Waals surface area contributed by atoms with Gasteiger partial charge in [-0.3, -0.25) is 9.78 Å². The number of carbonyl (C=O) groups is 1. The maximum atomic E-state index is 13.2. The molecule has 1 aromatic carbocycles. The Balaban J connectivity index is 1.55. The van der Waals surface area contributed by atoms with E-state index in [2.05, 4.69) is 27.4 Å². The zero-order valence-corrected chi connectivity index (χ0v) is 14.7. The van der Waals surface area contributed by atoms with Gasteiger partial charge in [0.05, 0.1) is 17.3 Å². The second kappa shape index (κ2) is 6.06. The summed E-state index contributed by atoms with van der Waals surface area (Å²) >= 11 is 0. The number of hydrogen-bond donors (Lipinski definition) is 2. The summed E-state index contributed by atoms with van der Waals surface area (Å²) in [6.07, 6.45) is 7.39. The number of imidazole rings is 1. The van der Waals surface area contributed by atoms with Crippen LogP contribution >= 0.6 is 0 Å². The predicted octanol–water partition coefficient (Wildman–Crippen LogP) is 3.23. The lowest BCUT2D eigenvalue weighted by atomic mass is 10.0. The predicted molar refractivity (Wildman–Crippen MR) is 102 cm³/mol. The molecule has 0 spiro atoms. The summed E-state index contributed by atoms with van der Waals surface area (Å²) in [6.45, 7) is 0. The molecule has 5 rings (SSSR count). The van der Waals surface area contributed by atoms with Crippen molar-refractivity contribution in [3.63, 3.8) is 0 Å². The molecule has 5 heteroatoms. The van der Waals surface area contributed by atoms with E-state index in [1.807, 2.05) is 59.1 Å². The molecule has 0 saturated heterocycles. The van der Waals surface area contributed by atoms with E-state index in [1.54, 1.807) is 12.4 Å². The first-order valence-electron chi connectivity index (χ1n) is 9.08. The van der Waals surface area contributed by atoms with Crippen LogP contribution in [0.2, 0.25) is 0 Å². The standard InChI is InChI=1S/C22H18N4O/c27-21(25-22(11-12-22)17-6-2-1-3-7-17)19-18-8-4-5-15-26(18)20(24-19)16-9-13-23-14-10-16/h1-10,13-15H,11-12H2,(H,25,27)/p+1. The maximum absolute atomic E-state index is 13.2. The average molecular weight is 355 g/mol. The third-order valence-corrected chi connectivity index (χ3v) is 5.21. The number of nitrogens with zero attached hydrogens (tertiary/aromatic N) is 2. The number of fused-ring (bicyclic) bond motifs is 1. The van der Waals surface area contributed by atoms with Crippen molar-refractivity contribution < 1.29 is 9.20 Å². The Morgan fingerprint density at radius 2 is 1.74 bits per heavy atom. The number of rotatable bonds is 4. The Bertz CT molecular complexity index is 1110. The minimum atomic E-state index is -0.244. The first-order valence-corrected chi connectivity index (χ1v) is 9.08. The van der Waals surface area contributed by atoms with Gasteiger partial charge in [0.25, 0.3) is 11.7 Å². The number of carbonyl (C=O) groups excluding carboxylic acids is 1. The summed E-state index contributed by atoms with van der Waals surface area (Å²) in [4.78, 5) is 20.6. The molecule has 1 amide bonds. The Hall–Kier alpha value is -3.47. The lowest BCUT2D eigenvalue weighted by molar-refractivity contribution is -0.498. The van der Waals surface area contributed by atoms with E-state index in [1.165, 1.54) is 0 Å². The topological polar surface area (TPSA) is 61.9 Å². The highest BCUT2D eigenvalue weighted by Gasteiger charge is 2.46. The van der Waals surface area contributed by atoms with E-state index in [0.29, 0.717) is 5.69 Å². The van der Waals surface area contributed by atoms with Gasteiger partial charge < -0.3 is 5.32 Å². The molecule has 4 aromatic rings. The molecule has 0 aliphatic heterocycles. The summed E-state index contributed by atoms with van der Waals surface area (Å²) in [7, 11) is 0. The zero-order chi connectivity index (χ0) is 18.3. The van der Waals surface area contributed by atoms with Crippen molar-refractivity contribution in [2.45, 2.75) is 18.4 Å². The van der Waals surface area contributed by atoms with Crippen LogP contribution in [0.3, 0.4) is 0 Å². The smallest absolute Gasteiger partial charge is 0.296 e. The van der Waals surface area contributed by atoms with Crippen LogP contribution in [0.4, 0.5) is 0 Å². The summed E-state index contributed by atoms with van der Waals surface area (Å²) in [5, 5.41) is 3.26. The Morgan fingerprint density at radius 3 is 2.48 bits per heavy atom. The summed E-state index contributed by atoms with van der Waals surface area (Å²) in [5.74, 6) is 0.781. The Morgan fingerprint density at radius 1 is 1.00 bits per heavy atom. The third-order valence-electron chi connectivity index (χ3n) is 5.21. The van der Waals surface area contributed by atoms with Gasteiger partial charge in [-0.1, -0.05) is 36.4 Å². The number of aromatic amines is 1. The van der Waals surface area contributed by atoms with Crippen molar-refractivity contribution in [1.82, 2.24) is 15.3 Å². The fraction of sp³-hybridized carbons (Fsp3) is 0.136.